The van der Waals surface area contributed by atoms with Crippen molar-refractivity contribution >= 4 is 28.7 Å². The predicted octanol–water partition coefficient (Wildman–Crippen LogP) is 0.484. The van der Waals surface area contributed by atoms with Crippen LogP contribution in [0.1, 0.15) is 13.3 Å². The van der Waals surface area contributed by atoms with Gasteiger partial charge in [-0.3, -0.25) is 14.5 Å². The average Bonchev–Trinajstić information content (AvgIpc) is 2.53. The molecule has 0 aliphatic carbocycles. The van der Waals surface area contributed by atoms with Crippen LogP contribution in [0.15, 0.2) is 4.99 Å². The SMILES string of the molecule is CCC1C(=O)N=C2SCCN2C1=O. The fourth-order valence-electron chi connectivity index (χ4n) is 1.51. The molecule has 0 bridgehead atoms. The third-order valence-corrected chi connectivity index (χ3v) is 3.21. The lowest BCUT2D eigenvalue weighted by Gasteiger charge is -2.24. The van der Waals surface area contributed by atoms with E-state index in [1.165, 1.54) is 11.8 Å². The van der Waals surface area contributed by atoms with Gasteiger partial charge < -0.3 is 0 Å². The zero-order chi connectivity index (χ0) is 9.42. The van der Waals surface area contributed by atoms with Crippen molar-refractivity contribution in [2.45, 2.75) is 13.3 Å². The van der Waals surface area contributed by atoms with E-state index in [-0.39, 0.29) is 11.8 Å². The molecule has 70 valence electrons. The molecule has 5 heteroatoms. The molecule has 2 heterocycles. The van der Waals surface area contributed by atoms with Crippen LogP contribution in [0.25, 0.3) is 0 Å². The highest BCUT2D eigenvalue weighted by atomic mass is 32.2. The van der Waals surface area contributed by atoms with Gasteiger partial charge in [-0.05, 0) is 6.42 Å². The lowest BCUT2D eigenvalue weighted by Crippen LogP contribution is -2.43. The molecular formula is C8H10N2O2S. The molecule has 2 amide bonds. The highest BCUT2D eigenvalue weighted by Crippen LogP contribution is 2.26. The first-order chi connectivity index (χ1) is 6.24. The number of amidine groups is 1. The van der Waals surface area contributed by atoms with Crippen LogP contribution in [0.4, 0.5) is 0 Å². The maximum atomic E-state index is 11.7. The molecule has 0 aromatic rings. The summed E-state index contributed by atoms with van der Waals surface area (Å²) in [6.07, 6.45) is 0.551. The van der Waals surface area contributed by atoms with Gasteiger partial charge in [-0.2, -0.15) is 4.99 Å². The van der Waals surface area contributed by atoms with E-state index in [1.54, 1.807) is 4.90 Å². The molecule has 0 N–H and O–H groups in total. The third kappa shape index (κ3) is 1.27. The summed E-state index contributed by atoms with van der Waals surface area (Å²) >= 11 is 1.48. The molecule has 1 saturated heterocycles. The van der Waals surface area contributed by atoms with Crippen molar-refractivity contribution < 1.29 is 9.59 Å². The van der Waals surface area contributed by atoms with Crippen molar-refractivity contribution in [2.75, 3.05) is 12.3 Å². The molecule has 0 aromatic carbocycles. The number of carbonyl (C=O) groups excluding carboxylic acids is 2. The number of rotatable bonds is 1. The second-order valence-corrected chi connectivity index (χ2v) is 4.09. The van der Waals surface area contributed by atoms with E-state index in [0.29, 0.717) is 18.1 Å². The van der Waals surface area contributed by atoms with Gasteiger partial charge in [0.05, 0.1) is 0 Å². The number of amides is 2. The molecule has 0 radical (unpaired) electrons. The van der Waals surface area contributed by atoms with Crippen LogP contribution < -0.4 is 0 Å². The monoisotopic (exact) mass is 198 g/mol. The third-order valence-electron chi connectivity index (χ3n) is 2.25. The van der Waals surface area contributed by atoms with Crippen LogP contribution >= 0.6 is 11.8 Å². The zero-order valence-electron chi connectivity index (χ0n) is 7.32. The number of hydrogen-bond acceptors (Lipinski definition) is 3. The number of nitrogens with zero attached hydrogens (tertiary/aromatic N) is 2. The number of carbonyl (C=O) groups is 2. The van der Waals surface area contributed by atoms with Crippen LogP contribution in [0.3, 0.4) is 0 Å². The fourth-order valence-corrected chi connectivity index (χ4v) is 2.46. The average molecular weight is 198 g/mol. The summed E-state index contributed by atoms with van der Waals surface area (Å²) in [5, 5.41) is 0.597. The highest BCUT2D eigenvalue weighted by Gasteiger charge is 2.38. The summed E-state index contributed by atoms with van der Waals surface area (Å²) < 4.78 is 0. The summed E-state index contributed by atoms with van der Waals surface area (Å²) in [6, 6.07) is 0. The summed E-state index contributed by atoms with van der Waals surface area (Å²) in [7, 11) is 0. The van der Waals surface area contributed by atoms with Crippen molar-refractivity contribution in [3.05, 3.63) is 0 Å². The quantitative estimate of drug-likeness (QED) is 0.576. The van der Waals surface area contributed by atoms with Crippen molar-refractivity contribution in [1.82, 2.24) is 4.90 Å². The predicted molar refractivity (Wildman–Crippen MR) is 50.4 cm³/mol. The topological polar surface area (TPSA) is 49.7 Å². The van der Waals surface area contributed by atoms with Gasteiger partial charge in [-0.15, -0.1) is 0 Å². The first kappa shape index (κ1) is 8.74. The summed E-state index contributed by atoms with van der Waals surface area (Å²) in [5.74, 6) is -0.00743. The standard InChI is InChI=1S/C8H10N2O2S/c1-2-5-6(11)9-8-10(7(5)12)3-4-13-8/h5H,2-4H2,1H3. The van der Waals surface area contributed by atoms with E-state index in [4.69, 9.17) is 0 Å². The van der Waals surface area contributed by atoms with Crippen LogP contribution in [-0.4, -0.2) is 34.2 Å². The fraction of sp³-hybridized carbons (Fsp3) is 0.625. The lowest BCUT2D eigenvalue weighted by atomic mass is 10.0. The first-order valence-electron chi connectivity index (χ1n) is 4.30. The Balaban J connectivity index is 2.33. The summed E-state index contributed by atoms with van der Waals surface area (Å²) in [5.41, 5.74) is 0. The Hall–Kier alpha value is -0.840. The number of fused-ring (bicyclic) bond motifs is 1. The number of thioether (sulfide) groups is 1. The van der Waals surface area contributed by atoms with E-state index in [1.807, 2.05) is 6.92 Å². The largest absolute Gasteiger partial charge is 0.290 e. The Morgan fingerprint density at radius 2 is 2.38 bits per heavy atom. The van der Waals surface area contributed by atoms with Crippen molar-refractivity contribution in [3.63, 3.8) is 0 Å². The minimum Gasteiger partial charge on any atom is -0.290 e. The molecule has 2 rings (SSSR count). The van der Waals surface area contributed by atoms with Gasteiger partial charge >= 0.3 is 0 Å². The Bertz CT molecular complexity index is 301. The van der Waals surface area contributed by atoms with Crippen LogP contribution in [-0.2, 0) is 9.59 Å². The molecule has 1 unspecified atom stereocenters. The van der Waals surface area contributed by atoms with Gasteiger partial charge in [0.1, 0.15) is 5.92 Å². The lowest BCUT2D eigenvalue weighted by molar-refractivity contribution is -0.139. The van der Waals surface area contributed by atoms with E-state index in [0.717, 1.165) is 5.75 Å². The number of hydrogen-bond donors (Lipinski definition) is 0. The Morgan fingerprint density at radius 1 is 1.62 bits per heavy atom. The summed E-state index contributed by atoms with van der Waals surface area (Å²) in [6.45, 7) is 2.54. The van der Waals surface area contributed by atoms with Crippen LogP contribution in [0.2, 0.25) is 0 Å². The smallest absolute Gasteiger partial charge is 0.260 e. The maximum absolute atomic E-state index is 11.7. The number of aliphatic imine (C=N–C) groups is 1. The van der Waals surface area contributed by atoms with E-state index < -0.39 is 5.92 Å². The normalized spacial score (nSPS) is 27.6. The molecule has 0 spiro atoms. The van der Waals surface area contributed by atoms with Gasteiger partial charge in [0.25, 0.3) is 5.91 Å². The van der Waals surface area contributed by atoms with Gasteiger partial charge in [0, 0.05) is 12.3 Å². The minimum absolute atomic E-state index is 0.0671. The Morgan fingerprint density at radius 3 is 3.08 bits per heavy atom. The molecule has 0 aromatic heterocycles. The molecule has 1 atom stereocenters. The Labute approximate surface area is 80.4 Å². The Kier molecular flexibility index (Phi) is 2.11. The van der Waals surface area contributed by atoms with Crippen molar-refractivity contribution in [2.24, 2.45) is 10.9 Å². The molecule has 13 heavy (non-hydrogen) atoms. The molecule has 2 aliphatic rings. The molecule has 0 saturated carbocycles. The minimum atomic E-state index is -0.526. The van der Waals surface area contributed by atoms with Crippen LogP contribution in [0, 0.1) is 5.92 Å². The highest BCUT2D eigenvalue weighted by molar-refractivity contribution is 8.14. The van der Waals surface area contributed by atoms with Gasteiger partial charge in [-0.25, -0.2) is 0 Å². The molecule has 4 nitrogen and oxygen atoms in total. The van der Waals surface area contributed by atoms with Gasteiger partial charge in [-0.1, -0.05) is 18.7 Å². The maximum Gasteiger partial charge on any atom is 0.260 e. The molecular weight excluding hydrogens is 188 g/mol. The molecule has 1 fully saturated rings. The van der Waals surface area contributed by atoms with E-state index in [2.05, 4.69) is 4.99 Å². The van der Waals surface area contributed by atoms with E-state index in [9.17, 15) is 9.59 Å². The van der Waals surface area contributed by atoms with E-state index >= 15 is 0 Å². The summed E-state index contributed by atoms with van der Waals surface area (Å²) in [4.78, 5) is 28.5. The second kappa shape index (κ2) is 3.14. The van der Waals surface area contributed by atoms with Gasteiger partial charge in [0.15, 0.2) is 5.17 Å². The van der Waals surface area contributed by atoms with Crippen LogP contribution in [0.5, 0.6) is 0 Å². The zero-order valence-corrected chi connectivity index (χ0v) is 8.13. The van der Waals surface area contributed by atoms with Crippen molar-refractivity contribution in [3.8, 4) is 0 Å². The second-order valence-electron chi connectivity index (χ2n) is 3.03. The van der Waals surface area contributed by atoms with Gasteiger partial charge in [0.2, 0.25) is 5.91 Å². The van der Waals surface area contributed by atoms with Crippen molar-refractivity contribution in [1.29, 1.82) is 0 Å². The first-order valence-corrected chi connectivity index (χ1v) is 5.29. The molecule has 2 aliphatic heterocycles.